The summed E-state index contributed by atoms with van der Waals surface area (Å²) in [4.78, 5) is 28.8. The largest absolute Gasteiger partial charge is 0.339 e. The number of piperazine rings is 1. The van der Waals surface area contributed by atoms with E-state index in [0.29, 0.717) is 37.3 Å². The molecule has 0 bridgehead atoms. The molecule has 4 nitrogen and oxygen atoms in total. The van der Waals surface area contributed by atoms with Gasteiger partial charge in [-0.15, -0.1) is 0 Å². The van der Waals surface area contributed by atoms with Crippen LogP contribution in [0.2, 0.25) is 0 Å². The van der Waals surface area contributed by atoms with E-state index in [0.717, 1.165) is 25.7 Å². The first-order valence-electron chi connectivity index (χ1n) is 8.90. The van der Waals surface area contributed by atoms with Gasteiger partial charge in [-0.25, -0.2) is 4.39 Å². The Bertz CT molecular complexity index is 618. The van der Waals surface area contributed by atoms with Crippen molar-refractivity contribution in [1.29, 1.82) is 0 Å². The quantitative estimate of drug-likeness (QED) is 0.835. The summed E-state index contributed by atoms with van der Waals surface area (Å²) < 4.78 is 13.4. The lowest BCUT2D eigenvalue weighted by atomic mass is 9.88. The van der Waals surface area contributed by atoms with Crippen LogP contribution in [-0.4, -0.2) is 47.8 Å². The van der Waals surface area contributed by atoms with E-state index < -0.39 is 0 Å². The average molecular weight is 332 g/mol. The summed E-state index contributed by atoms with van der Waals surface area (Å²) in [5.41, 5.74) is 0.993. The Labute approximate surface area is 142 Å². The molecule has 1 aliphatic carbocycles. The minimum atomic E-state index is -0.297. The minimum Gasteiger partial charge on any atom is -0.339 e. The first kappa shape index (κ1) is 16.9. The third-order valence-electron chi connectivity index (χ3n) is 5.24. The third-order valence-corrected chi connectivity index (χ3v) is 5.24. The fraction of sp³-hybridized carbons (Fsp3) is 0.579. The van der Waals surface area contributed by atoms with Crippen LogP contribution in [0.25, 0.3) is 0 Å². The number of benzene rings is 1. The number of carbonyl (C=O) groups excluding carboxylic acids is 2. The fourth-order valence-corrected chi connectivity index (χ4v) is 3.70. The molecule has 5 heteroatoms. The molecule has 0 aromatic heterocycles. The molecule has 0 atom stereocenters. The van der Waals surface area contributed by atoms with Crippen LogP contribution in [0.3, 0.4) is 0 Å². The SMILES string of the molecule is Cc1cc(C(=O)N2CCN(C(=O)C3CCCCC3)CC2)ccc1F. The number of nitrogens with zero attached hydrogens (tertiary/aromatic N) is 2. The highest BCUT2D eigenvalue weighted by molar-refractivity contribution is 5.94. The summed E-state index contributed by atoms with van der Waals surface area (Å²) in [5.74, 6) is 0.0671. The van der Waals surface area contributed by atoms with Gasteiger partial charge < -0.3 is 9.80 Å². The zero-order valence-electron chi connectivity index (χ0n) is 14.3. The van der Waals surface area contributed by atoms with Gasteiger partial charge in [0.2, 0.25) is 5.91 Å². The predicted octanol–water partition coefficient (Wildman–Crippen LogP) is 3.00. The van der Waals surface area contributed by atoms with Gasteiger partial charge in [-0.2, -0.15) is 0 Å². The van der Waals surface area contributed by atoms with E-state index >= 15 is 0 Å². The van der Waals surface area contributed by atoms with Gasteiger partial charge in [0, 0.05) is 37.7 Å². The Hall–Kier alpha value is -1.91. The van der Waals surface area contributed by atoms with Gasteiger partial charge >= 0.3 is 0 Å². The van der Waals surface area contributed by atoms with Gasteiger partial charge in [-0.3, -0.25) is 9.59 Å². The molecule has 0 unspecified atom stereocenters. The van der Waals surface area contributed by atoms with Crippen molar-refractivity contribution in [3.8, 4) is 0 Å². The number of aryl methyl sites for hydroxylation is 1. The summed E-state index contributed by atoms with van der Waals surface area (Å²) >= 11 is 0. The van der Waals surface area contributed by atoms with E-state index in [2.05, 4.69) is 0 Å². The molecule has 1 aromatic carbocycles. The van der Waals surface area contributed by atoms with E-state index in [1.54, 1.807) is 17.9 Å². The molecular formula is C19H25FN2O2. The molecule has 1 heterocycles. The first-order chi connectivity index (χ1) is 11.6. The molecule has 1 aromatic rings. The number of halogens is 1. The smallest absolute Gasteiger partial charge is 0.253 e. The van der Waals surface area contributed by atoms with Crippen molar-refractivity contribution in [1.82, 2.24) is 9.80 Å². The average Bonchev–Trinajstić information content (AvgIpc) is 2.63. The lowest BCUT2D eigenvalue weighted by Crippen LogP contribution is -2.52. The molecule has 2 aliphatic rings. The van der Waals surface area contributed by atoms with Crippen LogP contribution >= 0.6 is 0 Å². The van der Waals surface area contributed by atoms with Gasteiger partial charge in [0.25, 0.3) is 5.91 Å². The van der Waals surface area contributed by atoms with Crippen LogP contribution in [0.15, 0.2) is 18.2 Å². The van der Waals surface area contributed by atoms with E-state index in [9.17, 15) is 14.0 Å². The highest BCUT2D eigenvalue weighted by atomic mass is 19.1. The zero-order valence-corrected chi connectivity index (χ0v) is 14.3. The monoisotopic (exact) mass is 332 g/mol. The molecule has 0 N–H and O–H groups in total. The topological polar surface area (TPSA) is 40.6 Å². The Morgan fingerprint density at radius 2 is 1.62 bits per heavy atom. The van der Waals surface area contributed by atoms with Crippen LogP contribution in [0.4, 0.5) is 4.39 Å². The number of hydrogen-bond donors (Lipinski definition) is 0. The summed E-state index contributed by atoms with van der Waals surface area (Å²) in [6, 6.07) is 4.47. The second-order valence-electron chi connectivity index (χ2n) is 6.92. The standard InChI is InChI=1S/C19H25FN2O2/c1-14-13-16(7-8-17(14)20)19(24)22-11-9-21(10-12-22)18(23)15-5-3-2-4-6-15/h7-8,13,15H,2-6,9-12H2,1H3. The zero-order chi connectivity index (χ0) is 17.1. The van der Waals surface area contributed by atoms with Crippen LogP contribution in [0.1, 0.15) is 48.0 Å². The summed E-state index contributed by atoms with van der Waals surface area (Å²) in [6.07, 6.45) is 5.56. The molecule has 130 valence electrons. The minimum absolute atomic E-state index is 0.0807. The molecule has 3 rings (SSSR count). The summed E-state index contributed by atoms with van der Waals surface area (Å²) in [5, 5.41) is 0. The second kappa shape index (κ2) is 7.32. The van der Waals surface area contributed by atoms with Gasteiger partial charge in [0.15, 0.2) is 0 Å². The maximum Gasteiger partial charge on any atom is 0.253 e. The third kappa shape index (κ3) is 3.60. The van der Waals surface area contributed by atoms with E-state index in [1.165, 1.54) is 18.6 Å². The Morgan fingerprint density at radius 3 is 2.25 bits per heavy atom. The van der Waals surface area contributed by atoms with E-state index in [1.807, 2.05) is 4.90 Å². The lowest BCUT2D eigenvalue weighted by molar-refractivity contribution is -0.138. The van der Waals surface area contributed by atoms with Crippen LogP contribution in [0, 0.1) is 18.7 Å². The highest BCUT2D eigenvalue weighted by Crippen LogP contribution is 2.26. The molecule has 1 saturated carbocycles. The van der Waals surface area contributed by atoms with Gasteiger partial charge in [0.1, 0.15) is 5.82 Å². The number of amides is 2. The van der Waals surface area contributed by atoms with Gasteiger partial charge in [-0.1, -0.05) is 19.3 Å². The summed E-state index contributed by atoms with van der Waals surface area (Å²) in [7, 11) is 0. The number of rotatable bonds is 2. The maximum atomic E-state index is 13.4. The summed E-state index contributed by atoms with van der Waals surface area (Å²) in [6.45, 7) is 3.96. The lowest BCUT2D eigenvalue weighted by Gasteiger charge is -2.37. The van der Waals surface area contributed by atoms with Crippen LogP contribution in [0.5, 0.6) is 0 Å². The van der Waals surface area contributed by atoms with Crippen LogP contribution < -0.4 is 0 Å². The highest BCUT2D eigenvalue weighted by Gasteiger charge is 2.30. The Morgan fingerprint density at radius 1 is 1.00 bits per heavy atom. The van der Waals surface area contributed by atoms with E-state index in [-0.39, 0.29) is 23.5 Å². The molecule has 2 fully saturated rings. The van der Waals surface area contributed by atoms with Crippen molar-refractivity contribution >= 4 is 11.8 Å². The molecule has 0 spiro atoms. The fourth-order valence-electron chi connectivity index (χ4n) is 3.70. The number of carbonyl (C=O) groups is 2. The normalized spacial score (nSPS) is 19.4. The van der Waals surface area contributed by atoms with Crippen molar-refractivity contribution < 1.29 is 14.0 Å². The van der Waals surface area contributed by atoms with Crippen molar-refractivity contribution in [3.05, 3.63) is 35.1 Å². The van der Waals surface area contributed by atoms with Crippen molar-refractivity contribution in [3.63, 3.8) is 0 Å². The molecule has 1 aliphatic heterocycles. The Kier molecular flexibility index (Phi) is 5.17. The van der Waals surface area contributed by atoms with Crippen LogP contribution in [-0.2, 0) is 4.79 Å². The van der Waals surface area contributed by atoms with Crippen molar-refractivity contribution in [2.45, 2.75) is 39.0 Å². The Balaban J connectivity index is 1.57. The first-order valence-corrected chi connectivity index (χ1v) is 8.90. The molecule has 2 amide bonds. The molecule has 0 radical (unpaired) electrons. The molecule has 24 heavy (non-hydrogen) atoms. The predicted molar refractivity (Wildman–Crippen MR) is 90.2 cm³/mol. The van der Waals surface area contributed by atoms with Crippen molar-refractivity contribution in [2.75, 3.05) is 26.2 Å². The molecular weight excluding hydrogens is 307 g/mol. The van der Waals surface area contributed by atoms with Gasteiger partial charge in [-0.05, 0) is 43.5 Å². The second-order valence-corrected chi connectivity index (χ2v) is 6.92. The molecule has 1 saturated heterocycles. The van der Waals surface area contributed by atoms with Crippen molar-refractivity contribution in [2.24, 2.45) is 5.92 Å². The van der Waals surface area contributed by atoms with Gasteiger partial charge in [0.05, 0.1) is 0 Å². The maximum absolute atomic E-state index is 13.4. The van der Waals surface area contributed by atoms with E-state index in [4.69, 9.17) is 0 Å². The number of hydrogen-bond acceptors (Lipinski definition) is 2.